The Bertz CT molecular complexity index is 1300. The molecule has 0 radical (unpaired) electrons. The first-order valence-electron chi connectivity index (χ1n) is 11.2. The third-order valence-electron chi connectivity index (χ3n) is 5.73. The van der Waals surface area contributed by atoms with Crippen LogP contribution < -0.4 is 15.5 Å². The molecule has 178 valence electrons. The van der Waals surface area contributed by atoms with Crippen molar-refractivity contribution in [2.24, 2.45) is 0 Å². The van der Waals surface area contributed by atoms with Crippen molar-refractivity contribution in [3.63, 3.8) is 0 Å². The van der Waals surface area contributed by atoms with Gasteiger partial charge in [0, 0.05) is 64.1 Å². The maximum absolute atomic E-state index is 5.61. The summed E-state index contributed by atoms with van der Waals surface area (Å²) in [6, 6.07) is 7.84. The van der Waals surface area contributed by atoms with Crippen molar-refractivity contribution < 1.29 is 0 Å². The molecular weight excluding hydrogens is 480 g/mol. The van der Waals surface area contributed by atoms with Crippen LogP contribution in [0.2, 0.25) is 0 Å². The molecule has 4 aromatic heterocycles. The summed E-state index contributed by atoms with van der Waals surface area (Å²) < 4.78 is 1.78. The number of nitrogens with zero attached hydrogens (tertiary/aromatic N) is 8. The zero-order valence-corrected chi connectivity index (χ0v) is 20.5. The van der Waals surface area contributed by atoms with Gasteiger partial charge in [0.25, 0.3) is 0 Å². The number of hydrogen-bond acceptors (Lipinski definition) is 8. The van der Waals surface area contributed by atoms with Gasteiger partial charge in [-0.3, -0.25) is 14.5 Å². The minimum absolute atomic E-state index is 0.524. The molecule has 0 aromatic carbocycles. The fourth-order valence-electron chi connectivity index (χ4n) is 3.88. The van der Waals surface area contributed by atoms with Crippen molar-refractivity contribution in [3.05, 3.63) is 72.8 Å². The number of pyridine rings is 2. The van der Waals surface area contributed by atoms with Crippen molar-refractivity contribution in [2.45, 2.75) is 13.1 Å². The second-order valence-corrected chi connectivity index (χ2v) is 8.77. The molecule has 10 nitrogen and oxygen atoms in total. The minimum Gasteiger partial charge on any atom is -0.358 e. The average Bonchev–Trinajstić information content (AvgIpc) is 3.36. The van der Waals surface area contributed by atoms with Gasteiger partial charge < -0.3 is 20.4 Å². The van der Waals surface area contributed by atoms with E-state index in [0.717, 1.165) is 53.8 Å². The molecule has 0 saturated carbocycles. The van der Waals surface area contributed by atoms with Gasteiger partial charge in [-0.1, -0.05) is 12.1 Å². The Morgan fingerprint density at radius 3 is 2.11 bits per heavy atom. The van der Waals surface area contributed by atoms with Crippen LogP contribution in [0, 0.1) is 0 Å². The lowest BCUT2D eigenvalue weighted by atomic mass is 10.3. The molecule has 2 N–H and O–H groups in total. The molecule has 5 heterocycles. The quantitative estimate of drug-likeness (QED) is 0.389. The number of nitrogens with one attached hydrogen (secondary N) is 2. The highest BCUT2D eigenvalue weighted by Crippen LogP contribution is 2.22. The molecule has 1 aliphatic rings. The van der Waals surface area contributed by atoms with Crippen LogP contribution in [-0.4, -0.2) is 70.8 Å². The third-order valence-corrected chi connectivity index (χ3v) is 6.48. The Labute approximate surface area is 213 Å². The fourth-order valence-corrected chi connectivity index (χ4v) is 4.34. The predicted octanol–water partition coefficient (Wildman–Crippen LogP) is 1.74. The number of thiocarbonyl (C=S) groups is 2. The monoisotopic (exact) mass is 504 g/mol. The van der Waals surface area contributed by atoms with Gasteiger partial charge in [-0.05, 0) is 47.7 Å². The van der Waals surface area contributed by atoms with Crippen LogP contribution in [0.4, 0.5) is 5.82 Å². The molecule has 1 saturated heterocycles. The third kappa shape index (κ3) is 5.33. The molecule has 0 amide bonds. The van der Waals surface area contributed by atoms with Gasteiger partial charge in [-0.2, -0.15) is 0 Å². The average molecular weight is 505 g/mol. The largest absolute Gasteiger partial charge is 0.358 e. The van der Waals surface area contributed by atoms with Crippen LogP contribution in [-0.2, 0) is 13.1 Å². The van der Waals surface area contributed by atoms with Crippen LogP contribution in [0.1, 0.15) is 11.1 Å². The van der Waals surface area contributed by atoms with E-state index in [-0.39, 0.29) is 0 Å². The lowest BCUT2D eigenvalue weighted by Gasteiger charge is -2.36. The molecule has 0 aliphatic carbocycles. The maximum atomic E-state index is 5.61. The van der Waals surface area contributed by atoms with Gasteiger partial charge in [0.1, 0.15) is 12.7 Å². The standard InChI is InChI=1S/C23H24N10S2/c34-22(26-13-17-3-1-5-24-11-17)32-9-7-31(8-10-32)20-19-21(29-15-28-20)33(16-30-19)23(35)27-14-18-4-2-6-25-12-18/h1-6,11-12,15-16H,7-10,13-14H2,(H,26,34)(H,27,35). The number of rotatable bonds is 5. The highest BCUT2D eigenvalue weighted by molar-refractivity contribution is 7.80. The Morgan fingerprint density at radius 2 is 1.49 bits per heavy atom. The number of fused-ring (bicyclic) bond motifs is 1. The summed E-state index contributed by atoms with van der Waals surface area (Å²) >= 11 is 11.2. The molecule has 1 fully saturated rings. The van der Waals surface area contributed by atoms with Gasteiger partial charge >= 0.3 is 0 Å². The molecule has 5 rings (SSSR count). The van der Waals surface area contributed by atoms with E-state index in [1.807, 2.05) is 36.7 Å². The fraction of sp³-hybridized carbons (Fsp3) is 0.261. The summed E-state index contributed by atoms with van der Waals surface area (Å²) in [5.41, 5.74) is 3.54. The van der Waals surface area contributed by atoms with E-state index in [0.29, 0.717) is 23.8 Å². The summed E-state index contributed by atoms with van der Waals surface area (Å²) in [5.74, 6) is 0.803. The molecule has 35 heavy (non-hydrogen) atoms. The van der Waals surface area contributed by atoms with Crippen LogP contribution >= 0.6 is 24.4 Å². The number of anilines is 1. The molecular formula is C23H24N10S2. The number of imidazole rings is 1. The molecule has 0 spiro atoms. The number of hydrogen-bond donors (Lipinski definition) is 2. The van der Waals surface area contributed by atoms with Gasteiger partial charge in [0.15, 0.2) is 27.2 Å². The molecule has 0 atom stereocenters. The van der Waals surface area contributed by atoms with E-state index < -0.39 is 0 Å². The highest BCUT2D eigenvalue weighted by Gasteiger charge is 2.23. The maximum Gasteiger partial charge on any atom is 0.180 e. The summed E-state index contributed by atoms with van der Waals surface area (Å²) in [5, 5.41) is 7.84. The normalized spacial score (nSPS) is 13.6. The first-order valence-corrected chi connectivity index (χ1v) is 12.0. The van der Waals surface area contributed by atoms with E-state index in [4.69, 9.17) is 24.4 Å². The number of aromatic nitrogens is 6. The number of piperazine rings is 1. The van der Waals surface area contributed by atoms with Crippen LogP contribution in [0.5, 0.6) is 0 Å². The van der Waals surface area contributed by atoms with Crippen molar-refractivity contribution in [1.29, 1.82) is 0 Å². The highest BCUT2D eigenvalue weighted by atomic mass is 32.1. The molecule has 12 heteroatoms. The van der Waals surface area contributed by atoms with E-state index >= 15 is 0 Å². The van der Waals surface area contributed by atoms with E-state index in [2.05, 4.69) is 45.4 Å². The molecule has 0 unspecified atom stereocenters. The Hall–Kier alpha value is -3.77. The van der Waals surface area contributed by atoms with Crippen LogP contribution in [0.25, 0.3) is 11.2 Å². The van der Waals surface area contributed by atoms with Crippen LogP contribution in [0.3, 0.4) is 0 Å². The Balaban J connectivity index is 1.21. The second kappa shape index (κ2) is 10.7. The van der Waals surface area contributed by atoms with E-state index in [1.54, 1.807) is 29.6 Å². The summed E-state index contributed by atoms with van der Waals surface area (Å²) in [4.78, 5) is 26.2. The smallest absolute Gasteiger partial charge is 0.180 e. The van der Waals surface area contributed by atoms with Gasteiger partial charge in [-0.25, -0.2) is 15.0 Å². The second-order valence-electron chi connectivity index (χ2n) is 8.00. The Morgan fingerprint density at radius 1 is 0.829 bits per heavy atom. The minimum atomic E-state index is 0.524. The first-order chi connectivity index (χ1) is 17.2. The SMILES string of the molecule is S=C(NCc1cccnc1)N1CCN(c2ncnc3c2ncn3C(=S)NCc2cccnc2)CC1. The van der Waals surface area contributed by atoms with Crippen molar-refractivity contribution in [3.8, 4) is 0 Å². The summed E-state index contributed by atoms with van der Waals surface area (Å²) in [7, 11) is 0. The topological polar surface area (TPSA) is 99.9 Å². The van der Waals surface area contributed by atoms with Crippen molar-refractivity contribution in [2.75, 3.05) is 31.1 Å². The molecule has 1 aliphatic heterocycles. The van der Waals surface area contributed by atoms with E-state index in [1.165, 1.54) is 0 Å². The summed E-state index contributed by atoms with van der Waals surface area (Å²) in [6.07, 6.45) is 10.4. The van der Waals surface area contributed by atoms with Crippen molar-refractivity contribution in [1.82, 2.24) is 45.0 Å². The van der Waals surface area contributed by atoms with Gasteiger partial charge in [0.05, 0.1) is 0 Å². The van der Waals surface area contributed by atoms with E-state index in [9.17, 15) is 0 Å². The van der Waals surface area contributed by atoms with Gasteiger partial charge in [0.2, 0.25) is 0 Å². The lowest BCUT2D eigenvalue weighted by molar-refractivity contribution is 0.379. The molecule has 4 aromatic rings. The molecule has 0 bridgehead atoms. The zero-order valence-electron chi connectivity index (χ0n) is 18.9. The first kappa shape index (κ1) is 23.0. The van der Waals surface area contributed by atoms with Crippen LogP contribution in [0.15, 0.2) is 61.7 Å². The van der Waals surface area contributed by atoms with Gasteiger partial charge in [-0.15, -0.1) is 0 Å². The predicted molar refractivity (Wildman–Crippen MR) is 142 cm³/mol. The summed E-state index contributed by atoms with van der Waals surface area (Å²) in [6.45, 7) is 4.35. The van der Waals surface area contributed by atoms with Crippen molar-refractivity contribution >= 4 is 51.6 Å². The Kier molecular flexibility index (Phi) is 7.00. The lowest BCUT2D eigenvalue weighted by Crippen LogP contribution is -2.51. The zero-order chi connectivity index (χ0) is 24.0.